The number of sulfonamides is 1. The fourth-order valence-corrected chi connectivity index (χ4v) is 7.93. The van der Waals surface area contributed by atoms with Gasteiger partial charge in [0.1, 0.15) is 5.65 Å². The Morgan fingerprint density at radius 1 is 1.00 bits per heavy atom. The average molecular weight is 777 g/mol. The Kier molecular flexibility index (Phi) is 14.8. The van der Waals surface area contributed by atoms with Gasteiger partial charge in [-0.15, -0.1) is 0 Å². The molecule has 300 valence electrons. The van der Waals surface area contributed by atoms with E-state index in [1.54, 1.807) is 21.0 Å². The first-order valence-corrected chi connectivity index (χ1v) is 20.4. The van der Waals surface area contributed by atoms with E-state index in [2.05, 4.69) is 78.5 Å². The zero-order chi connectivity index (χ0) is 40.4. The largest absolute Gasteiger partial charge is 0.370 e. The summed E-state index contributed by atoms with van der Waals surface area (Å²) in [6.07, 6.45) is 4.26. The highest BCUT2D eigenvalue weighted by molar-refractivity contribution is 7.89. The number of fused-ring (bicyclic) bond motifs is 1. The maximum absolute atomic E-state index is 13.4. The third-order valence-electron chi connectivity index (χ3n) is 9.39. The lowest BCUT2D eigenvalue weighted by Gasteiger charge is -2.34. The number of H-pyrrole nitrogens is 1. The molecular weight excluding hydrogens is 717 g/mol. The third-order valence-corrected chi connectivity index (χ3v) is 11.3. The van der Waals surface area contributed by atoms with E-state index in [0.29, 0.717) is 23.6 Å². The Hall–Kier alpha value is -4.57. The second kappa shape index (κ2) is 18.8. The summed E-state index contributed by atoms with van der Waals surface area (Å²) in [6.45, 7) is 18.4. The van der Waals surface area contributed by atoms with Crippen molar-refractivity contribution in [1.82, 2.24) is 34.8 Å². The second-order valence-corrected chi connectivity index (χ2v) is 17.9. The predicted octanol–water partition coefficient (Wildman–Crippen LogP) is 3.63. The van der Waals surface area contributed by atoms with Crippen molar-refractivity contribution in [3.8, 4) is 5.69 Å². The molecule has 0 spiro atoms. The number of nitrogens with zero attached hydrogens (tertiary/aromatic N) is 4. The lowest BCUT2D eigenvalue weighted by atomic mass is 9.87. The van der Waals surface area contributed by atoms with Crippen LogP contribution in [0.5, 0.6) is 0 Å². The molecule has 0 saturated carbocycles. The number of guanidine groups is 1. The van der Waals surface area contributed by atoms with E-state index in [4.69, 9.17) is 11.5 Å². The van der Waals surface area contributed by atoms with Crippen molar-refractivity contribution in [3.05, 3.63) is 88.1 Å². The number of hydrogen-bond acceptors (Lipinski definition) is 8. The molecule has 15 heteroatoms. The summed E-state index contributed by atoms with van der Waals surface area (Å²) in [6, 6.07) is 17.1. The SMILES string of the molecule is CC(=O)NCCN(C1CCNCC1)S(=O)(=O)c1cccc(C(C)(C)C)c1.CC(C)(C)c1cc2cn(-c3ccc(CNCCCN=C(N)N)cc3)c(=O)nc2[nH]1. The van der Waals surface area contributed by atoms with E-state index < -0.39 is 10.0 Å². The van der Waals surface area contributed by atoms with Crippen LogP contribution in [0.4, 0.5) is 0 Å². The smallest absolute Gasteiger partial charge is 0.354 e. The highest BCUT2D eigenvalue weighted by Crippen LogP contribution is 2.28. The zero-order valence-electron chi connectivity index (χ0n) is 33.4. The standard InChI is InChI=1S/C21H29N7O.C19H31N3O3S/c1-21(2,3)17-11-15-13-28(20(29)27-18(15)26-17)16-7-5-14(6-8-16)12-24-9-4-10-25-19(22)23;1-15(23)21-12-13-22(17-8-10-20-11-9-17)26(24,25)18-7-5-6-16(14-18)19(2,3)4/h5-8,11,13,24H,4,9-10,12H2,1-3H3,(H4,22,23,25)(H,26,27,29);5-7,14,17,20H,8-13H2,1-4H3,(H,21,23). The molecule has 55 heavy (non-hydrogen) atoms. The molecule has 0 unspecified atom stereocenters. The molecule has 2 aromatic carbocycles. The van der Waals surface area contributed by atoms with Crippen LogP contribution in [-0.2, 0) is 32.2 Å². The van der Waals surface area contributed by atoms with E-state index in [1.165, 1.54) is 6.92 Å². The van der Waals surface area contributed by atoms with Gasteiger partial charge in [0.2, 0.25) is 15.9 Å². The van der Waals surface area contributed by atoms with Gasteiger partial charge in [0.25, 0.3) is 0 Å². The number of piperidine rings is 1. The van der Waals surface area contributed by atoms with Crippen LogP contribution in [0.15, 0.2) is 75.5 Å². The highest BCUT2D eigenvalue weighted by Gasteiger charge is 2.32. The molecule has 4 aromatic rings. The number of hydrogen-bond donors (Lipinski definition) is 6. The minimum absolute atomic E-state index is 0.0352. The van der Waals surface area contributed by atoms with Crippen molar-refractivity contribution in [1.29, 1.82) is 0 Å². The average Bonchev–Trinajstić information content (AvgIpc) is 3.55. The summed E-state index contributed by atoms with van der Waals surface area (Å²) >= 11 is 0. The van der Waals surface area contributed by atoms with Gasteiger partial charge >= 0.3 is 5.69 Å². The number of carbonyl (C=O) groups excluding carboxylic acids is 1. The Morgan fingerprint density at radius 3 is 2.31 bits per heavy atom. The van der Waals surface area contributed by atoms with Crippen molar-refractivity contribution < 1.29 is 13.2 Å². The number of nitrogens with one attached hydrogen (secondary N) is 4. The molecule has 1 aliphatic heterocycles. The molecule has 1 fully saturated rings. The van der Waals surface area contributed by atoms with Crippen LogP contribution in [0.1, 0.15) is 84.5 Å². The number of aromatic amines is 1. The van der Waals surface area contributed by atoms with E-state index in [9.17, 15) is 18.0 Å². The van der Waals surface area contributed by atoms with Crippen LogP contribution in [0.2, 0.25) is 0 Å². The van der Waals surface area contributed by atoms with Gasteiger partial charge < -0.3 is 32.4 Å². The monoisotopic (exact) mass is 776 g/mol. The number of aliphatic imine (C=N–C) groups is 1. The second-order valence-electron chi connectivity index (χ2n) is 16.0. The van der Waals surface area contributed by atoms with E-state index in [-0.39, 0.29) is 41.0 Å². The van der Waals surface area contributed by atoms with Crippen LogP contribution in [0, 0.1) is 0 Å². The molecule has 1 aliphatic rings. The Bertz CT molecular complexity index is 2070. The molecule has 1 amide bonds. The van der Waals surface area contributed by atoms with Gasteiger partial charge in [0.15, 0.2) is 5.96 Å². The zero-order valence-corrected chi connectivity index (χ0v) is 34.2. The summed E-state index contributed by atoms with van der Waals surface area (Å²) in [5, 5.41) is 10.3. The Balaban J connectivity index is 0.000000246. The van der Waals surface area contributed by atoms with Crippen molar-refractivity contribution in [2.45, 2.75) is 96.0 Å². The maximum atomic E-state index is 13.4. The van der Waals surface area contributed by atoms with Crippen LogP contribution < -0.4 is 33.1 Å². The van der Waals surface area contributed by atoms with Crippen LogP contribution in [-0.4, -0.2) is 84.4 Å². The fraction of sp³-hybridized carbons (Fsp3) is 0.500. The summed E-state index contributed by atoms with van der Waals surface area (Å²) in [5.74, 6) is -0.0276. The minimum atomic E-state index is -3.63. The van der Waals surface area contributed by atoms with Gasteiger partial charge in [0, 0.05) is 61.8 Å². The molecule has 1 saturated heterocycles. The van der Waals surface area contributed by atoms with Gasteiger partial charge in [-0.1, -0.05) is 65.8 Å². The van der Waals surface area contributed by atoms with Crippen LogP contribution in [0.25, 0.3) is 16.7 Å². The van der Waals surface area contributed by atoms with E-state index >= 15 is 0 Å². The maximum Gasteiger partial charge on any atom is 0.354 e. The summed E-state index contributed by atoms with van der Waals surface area (Å²) in [7, 11) is -3.63. The molecule has 14 nitrogen and oxygen atoms in total. The fourth-order valence-electron chi connectivity index (χ4n) is 6.20. The summed E-state index contributed by atoms with van der Waals surface area (Å²) in [4.78, 5) is 35.4. The van der Waals surface area contributed by atoms with Crippen LogP contribution >= 0.6 is 0 Å². The number of carbonyl (C=O) groups is 1. The first kappa shape index (κ1) is 43.2. The van der Waals surface area contributed by atoms with Gasteiger partial charge in [-0.3, -0.25) is 14.4 Å². The molecule has 2 aromatic heterocycles. The first-order chi connectivity index (χ1) is 25.9. The van der Waals surface area contributed by atoms with Crippen molar-refractivity contribution in [3.63, 3.8) is 0 Å². The molecule has 8 N–H and O–H groups in total. The first-order valence-electron chi connectivity index (χ1n) is 18.9. The van der Waals surface area contributed by atoms with Gasteiger partial charge in [-0.2, -0.15) is 9.29 Å². The molecule has 0 aliphatic carbocycles. The number of amides is 1. The molecule has 0 bridgehead atoms. The lowest BCUT2D eigenvalue weighted by Crippen LogP contribution is -2.48. The van der Waals surface area contributed by atoms with Gasteiger partial charge in [-0.25, -0.2) is 13.2 Å². The van der Waals surface area contributed by atoms with Gasteiger partial charge in [0.05, 0.1) is 10.6 Å². The number of nitrogens with two attached hydrogens (primary N) is 2. The van der Waals surface area contributed by atoms with Crippen molar-refractivity contribution >= 4 is 32.9 Å². The highest BCUT2D eigenvalue weighted by atomic mass is 32.2. The number of aromatic nitrogens is 3. The molecule has 5 rings (SSSR count). The topological polar surface area (TPSA) is 206 Å². The molecule has 0 radical (unpaired) electrons. The van der Waals surface area contributed by atoms with Crippen LogP contribution in [0.3, 0.4) is 0 Å². The Morgan fingerprint density at radius 2 is 1.69 bits per heavy atom. The van der Waals surface area contributed by atoms with Crippen molar-refractivity contribution in [2.75, 3.05) is 39.3 Å². The van der Waals surface area contributed by atoms with E-state index in [1.807, 2.05) is 42.6 Å². The summed E-state index contributed by atoms with van der Waals surface area (Å²) < 4.78 is 29.9. The van der Waals surface area contributed by atoms with Gasteiger partial charge in [-0.05, 0) is 85.8 Å². The third kappa shape index (κ3) is 12.5. The number of rotatable bonds is 13. The molecule has 3 heterocycles. The molecule has 0 atom stereocenters. The number of benzene rings is 2. The Labute approximate surface area is 325 Å². The van der Waals surface area contributed by atoms with E-state index in [0.717, 1.165) is 73.3 Å². The summed E-state index contributed by atoms with van der Waals surface area (Å²) in [5.41, 5.74) is 14.7. The lowest BCUT2D eigenvalue weighted by molar-refractivity contribution is -0.119. The predicted molar refractivity (Wildman–Crippen MR) is 221 cm³/mol. The quantitative estimate of drug-likeness (QED) is 0.0666. The van der Waals surface area contributed by atoms with Crippen molar-refractivity contribution in [2.24, 2.45) is 16.5 Å². The normalized spacial score (nSPS) is 14.0. The minimum Gasteiger partial charge on any atom is -0.370 e. The molecular formula is C40H60N10O4S.